The van der Waals surface area contributed by atoms with Gasteiger partial charge in [-0.3, -0.25) is 0 Å². The fourth-order valence-corrected chi connectivity index (χ4v) is 1.69. The predicted octanol–water partition coefficient (Wildman–Crippen LogP) is 2.54. The fourth-order valence-electron chi connectivity index (χ4n) is 1.52. The summed E-state index contributed by atoms with van der Waals surface area (Å²) in [6.45, 7) is 7.18. The highest BCUT2D eigenvalue weighted by molar-refractivity contribution is 6.30. The van der Waals surface area contributed by atoms with Crippen LogP contribution >= 0.6 is 11.6 Å². The third-order valence-electron chi connectivity index (χ3n) is 2.92. The summed E-state index contributed by atoms with van der Waals surface area (Å²) in [7, 11) is 0. The lowest BCUT2D eigenvalue weighted by Gasteiger charge is -2.14. The van der Waals surface area contributed by atoms with Crippen molar-refractivity contribution in [2.24, 2.45) is 5.92 Å². The molecule has 0 aliphatic heterocycles. The van der Waals surface area contributed by atoms with Crippen molar-refractivity contribution in [1.82, 2.24) is 19.6 Å². The van der Waals surface area contributed by atoms with Gasteiger partial charge >= 0.3 is 0 Å². The van der Waals surface area contributed by atoms with Crippen LogP contribution in [0.2, 0.25) is 5.15 Å². The number of rotatable bonds is 4. The van der Waals surface area contributed by atoms with E-state index in [1.807, 2.05) is 6.92 Å². The van der Waals surface area contributed by atoms with Crippen LogP contribution in [0.25, 0.3) is 5.78 Å². The molecule has 17 heavy (non-hydrogen) atoms. The lowest BCUT2D eigenvalue weighted by Crippen LogP contribution is -2.15. The molecule has 92 valence electrons. The predicted molar refractivity (Wildman–Crippen MR) is 68.5 cm³/mol. The Balaban J connectivity index is 2.36. The molecule has 2 rings (SSSR count). The van der Waals surface area contributed by atoms with Gasteiger partial charge in [0.1, 0.15) is 17.3 Å². The summed E-state index contributed by atoms with van der Waals surface area (Å²) in [5.74, 6) is 1.99. The maximum absolute atomic E-state index is 6.07. The highest BCUT2D eigenvalue weighted by atomic mass is 35.5. The second-order valence-electron chi connectivity index (χ2n) is 4.24. The van der Waals surface area contributed by atoms with Crippen molar-refractivity contribution in [3.05, 3.63) is 17.0 Å². The second-order valence-corrected chi connectivity index (χ2v) is 4.60. The number of aromatic nitrogens is 4. The summed E-state index contributed by atoms with van der Waals surface area (Å²) < 4.78 is 1.68. The van der Waals surface area contributed by atoms with E-state index in [-0.39, 0.29) is 0 Å². The van der Waals surface area contributed by atoms with Crippen molar-refractivity contribution in [1.29, 1.82) is 0 Å². The number of halogens is 1. The van der Waals surface area contributed by atoms with Gasteiger partial charge in [0.05, 0.1) is 0 Å². The summed E-state index contributed by atoms with van der Waals surface area (Å²) in [6.07, 6.45) is 2.61. The third-order valence-corrected chi connectivity index (χ3v) is 3.29. The Kier molecular flexibility index (Phi) is 3.47. The van der Waals surface area contributed by atoms with Crippen molar-refractivity contribution in [3.63, 3.8) is 0 Å². The number of hydrogen-bond acceptors (Lipinski definition) is 4. The zero-order valence-corrected chi connectivity index (χ0v) is 11.0. The molecule has 0 radical (unpaired) electrons. The number of nitrogens with zero attached hydrogens (tertiary/aromatic N) is 4. The minimum atomic E-state index is 0.470. The van der Waals surface area contributed by atoms with Gasteiger partial charge in [-0.25, -0.2) is 0 Å². The smallest absolute Gasteiger partial charge is 0.255 e. The summed E-state index contributed by atoms with van der Waals surface area (Å²) >= 11 is 6.07. The van der Waals surface area contributed by atoms with Crippen LogP contribution in [0.4, 0.5) is 5.82 Å². The molecule has 0 aliphatic carbocycles. The largest absolute Gasteiger partial charge is 0.369 e. The van der Waals surface area contributed by atoms with Gasteiger partial charge < -0.3 is 5.32 Å². The molecular formula is C11H16ClN5. The Hall–Kier alpha value is -1.36. The molecule has 0 spiro atoms. The monoisotopic (exact) mass is 253 g/mol. The first-order chi connectivity index (χ1) is 8.13. The SMILES string of the molecule is CCC(C)CNc1c(C)c(Cl)nc2ncnn12. The molecule has 0 aromatic carbocycles. The Morgan fingerprint density at radius 2 is 2.29 bits per heavy atom. The Bertz CT molecular complexity index is 522. The summed E-state index contributed by atoms with van der Waals surface area (Å²) in [4.78, 5) is 8.20. The van der Waals surface area contributed by atoms with Gasteiger partial charge in [0.2, 0.25) is 0 Å². The molecule has 1 N–H and O–H groups in total. The maximum atomic E-state index is 6.07. The third kappa shape index (κ3) is 2.34. The van der Waals surface area contributed by atoms with Gasteiger partial charge in [-0.1, -0.05) is 31.9 Å². The standard InChI is InChI=1S/C11H16ClN5/c1-4-7(2)5-13-10-8(3)9(12)16-11-14-6-15-17(10)11/h6-7,13H,4-5H2,1-3H3. The Labute approximate surface area is 105 Å². The highest BCUT2D eigenvalue weighted by Gasteiger charge is 2.12. The molecule has 0 saturated carbocycles. The summed E-state index contributed by atoms with van der Waals surface area (Å²) in [5.41, 5.74) is 0.896. The number of anilines is 1. The first-order valence-corrected chi connectivity index (χ1v) is 6.11. The molecule has 1 unspecified atom stereocenters. The number of nitrogens with one attached hydrogen (secondary N) is 1. The zero-order valence-electron chi connectivity index (χ0n) is 10.2. The van der Waals surface area contributed by atoms with Gasteiger partial charge in [-0.15, -0.1) is 0 Å². The van der Waals surface area contributed by atoms with E-state index in [0.29, 0.717) is 16.8 Å². The topological polar surface area (TPSA) is 55.1 Å². The lowest BCUT2D eigenvalue weighted by atomic mass is 10.1. The van der Waals surface area contributed by atoms with Crippen molar-refractivity contribution >= 4 is 23.2 Å². The zero-order chi connectivity index (χ0) is 12.4. The normalized spacial score (nSPS) is 12.9. The van der Waals surface area contributed by atoms with E-state index >= 15 is 0 Å². The first-order valence-electron chi connectivity index (χ1n) is 5.73. The van der Waals surface area contributed by atoms with Crippen molar-refractivity contribution in [2.75, 3.05) is 11.9 Å². The van der Waals surface area contributed by atoms with Crippen LogP contribution in [0.15, 0.2) is 6.33 Å². The van der Waals surface area contributed by atoms with Crippen LogP contribution < -0.4 is 5.32 Å². The van der Waals surface area contributed by atoms with Crippen LogP contribution in [0.5, 0.6) is 0 Å². The fraction of sp³-hybridized carbons (Fsp3) is 0.545. The van der Waals surface area contributed by atoms with Crippen molar-refractivity contribution in [2.45, 2.75) is 27.2 Å². The van der Waals surface area contributed by atoms with Crippen LogP contribution in [0.3, 0.4) is 0 Å². The average molecular weight is 254 g/mol. The minimum Gasteiger partial charge on any atom is -0.369 e. The Morgan fingerprint density at radius 1 is 1.53 bits per heavy atom. The molecule has 2 aromatic heterocycles. The second kappa shape index (κ2) is 4.87. The van der Waals surface area contributed by atoms with Crippen LogP contribution in [0.1, 0.15) is 25.8 Å². The molecule has 0 aliphatic rings. The van der Waals surface area contributed by atoms with Gasteiger partial charge in [0.15, 0.2) is 0 Å². The van der Waals surface area contributed by atoms with E-state index in [9.17, 15) is 0 Å². The molecule has 0 amide bonds. The number of hydrogen-bond donors (Lipinski definition) is 1. The van der Waals surface area contributed by atoms with E-state index in [1.165, 1.54) is 6.33 Å². The summed E-state index contributed by atoms with van der Waals surface area (Å²) in [6, 6.07) is 0. The highest BCUT2D eigenvalue weighted by Crippen LogP contribution is 2.22. The van der Waals surface area contributed by atoms with E-state index in [4.69, 9.17) is 11.6 Å². The molecule has 2 aromatic rings. The van der Waals surface area contributed by atoms with Gasteiger partial charge in [-0.05, 0) is 12.8 Å². The van der Waals surface area contributed by atoms with E-state index < -0.39 is 0 Å². The molecule has 0 fully saturated rings. The molecule has 0 bridgehead atoms. The first kappa shape index (κ1) is 12.1. The van der Waals surface area contributed by atoms with E-state index in [2.05, 4.69) is 34.2 Å². The lowest BCUT2D eigenvalue weighted by molar-refractivity contribution is 0.591. The van der Waals surface area contributed by atoms with Gasteiger partial charge in [-0.2, -0.15) is 19.6 Å². The quantitative estimate of drug-likeness (QED) is 0.851. The average Bonchev–Trinajstić information content (AvgIpc) is 2.76. The molecule has 1 atom stereocenters. The van der Waals surface area contributed by atoms with E-state index in [0.717, 1.165) is 24.3 Å². The van der Waals surface area contributed by atoms with Crippen molar-refractivity contribution in [3.8, 4) is 0 Å². The van der Waals surface area contributed by atoms with Crippen LogP contribution in [-0.4, -0.2) is 26.1 Å². The Morgan fingerprint density at radius 3 is 3.00 bits per heavy atom. The minimum absolute atomic E-state index is 0.470. The summed E-state index contributed by atoms with van der Waals surface area (Å²) in [5, 5.41) is 7.99. The maximum Gasteiger partial charge on any atom is 0.255 e. The van der Waals surface area contributed by atoms with Gasteiger partial charge in [0.25, 0.3) is 5.78 Å². The van der Waals surface area contributed by atoms with Crippen LogP contribution in [-0.2, 0) is 0 Å². The number of fused-ring (bicyclic) bond motifs is 1. The molecule has 5 nitrogen and oxygen atoms in total. The molecule has 2 heterocycles. The van der Waals surface area contributed by atoms with Crippen LogP contribution in [0, 0.1) is 12.8 Å². The van der Waals surface area contributed by atoms with E-state index in [1.54, 1.807) is 4.52 Å². The van der Waals surface area contributed by atoms with Gasteiger partial charge in [0, 0.05) is 12.1 Å². The molecular weight excluding hydrogens is 238 g/mol. The van der Waals surface area contributed by atoms with Crippen molar-refractivity contribution < 1.29 is 0 Å². The molecule has 6 heteroatoms. The molecule has 0 saturated heterocycles.